The van der Waals surface area contributed by atoms with Gasteiger partial charge in [-0.25, -0.2) is 5.06 Å². The molecule has 0 spiro atoms. The summed E-state index contributed by atoms with van der Waals surface area (Å²) in [5.74, 6) is 0. The van der Waals surface area contributed by atoms with Crippen LogP contribution in [0.3, 0.4) is 0 Å². The molecule has 5 heteroatoms. The minimum Gasteiger partial charge on any atom is -0.288 e. The summed E-state index contributed by atoms with van der Waals surface area (Å²) in [5, 5.41) is 13.4. The standard InChI is InChI=1S/C15H25BrN2O2/c1-14(2,3)17(19)12-8-11(16)9-13(10-12)18(20-7)15(4,5)6/h8-10,19H,1-7H3. The molecule has 0 amide bonds. The fourth-order valence-electron chi connectivity index (χ4n) is 1.95. The molecule has 0 aliphatic rings. The maximum atomic E-state index is 10.3. The second-order valence-corrected chi connectivity index (χ2v) is 7.71. The Kier molecular flexibility index (Phi) is 5.11. The molecule has 0 fully saturated rings. The van der Waals surface area contributed by atoms with Gasteiger partial charge in [0.25, 0.3) is 0 Å². The number of hydrogen-bond donors (Lipinski definition) is 1. The quantitative estimate of drug-likeness (QED) is 0.812. The van der Waals surface area contributed by atoms with Crippen molar-refractivity contribution in [1.29, 1.82) is 0 Å². The predicted molar refractivity (Wildman–Crippen MR) is 87.4 cm³/mol. The van der Waals surface area contributed by atoms with Crippen molar-refractivity contribution in [2.24, 2.45) is 0 Å². The maximum absolute atomic E-state index is 10.3. The molecular weight excluding hydrogens is 320 g/mol. The van der Waals surface area contributed by atoms with E-state index in [0.29, 0.717) is 5.69 Å². The molecule has 114 valence electrons. The third kappa shape index (κ3) is 4.11. The average molecular weight is 345 g/mol. The molecule has 0 aromatic heterocycles. The zero-order valence-electron chi connectivity index (χ0n) is 13.4. The summed E-state index contributed by atoms with van der Waals surface area (Å²) in [7, 11) is 1.65. The van der Waals surface area contributed by atoms with Crippen LogP contribution >= 0.6 is 15.9 Å². The molecule has 1 N–H and O–H groups in total. The minimum atomic E-state index is -0.377. The lowest BCUT2D eigenvalue weighted by Crippen LogP contribution is -2.41. The van der Waals surface area contributed by atoms with E-state index in [9.17, 15) is 5.21 Å². The Bertz CT molecular complexity index is 464. The zero-order chi connectivity index (χ0) is 15.7. The first-order valence-electron chi connectivity index (χ1n) is 6.61. The molecule has 4 nitrogen and oxygen atoms in total. The maximum Gasteiger partial charge on any atom is 0.0675 e. The van der Waals surface area contributed by atoms with E-state index in [1.165, 1.54) is 5.06 Å². The van der Waals surface area contributed by atoms with E-state index in [0.717, 1.165) is 10.2 Å². The molecule has 20 heavy (non-hydrogen) atoms. The number of nitrogens with zero attached hydrogens (tertiary/aromatic N) is 2. The summed E-state index contributed by atoms with van der Waals surface area (Å²) < 4.78 is 0.889. The molecule has 0 unspecified atom stereocenters. The molecular formula is C15H25BrN2O2. The molecule has 0 heterocycles. The lowest BCUT2D eigenvalue weighted by Gasteiger charge is -2.36. The van der Waals surface area contributed by atoms with E-state index in [2.05, 4.69) is 36.7 Å². The van der Waals surface area contributed by atoms with Crippen LogP contribution in [-0.4, -0.2) is 23.4 Å². The fourth-order valence-corrected chi connectivity index (χ4v) is 2.42. The van der Waals surface area contributed by atoms with Crippen LogP contribution in [0.15, 0.2) is 22.7 Å². The van der Waals surface area contributed by atoms with Gasteiger partial charge >= 0.3 is 0 Å². The van der Waals surface area contributed by atoms with E-state index in [4.69, 9.17) is 4.84 Å². The highest BCUT2D eigenvalue weighted by atomic mass is 79.9. The van der Waals surface area contributed by atoms with E-state index in [1.54, 1.807) is 7.11 Å². The van der Waals surface area contributed by atoms with Gasteiger partial charge in [0.05, 0.1) is 29.6 Å². The molecule has 1 aromatic carbocycles. The number of hydrogen-bond acceptors (Lipinski definition) is 4. The zero-order valence-corrected chi connectivity index (χ0v) is 14.9. The van der Waals surface area contributed by atoms with Crippen molar-refractivity contribution in [3.8, 4) is 0 Å². The summed E-state index contributed by atoms with van der Waals surface area (Å²) in [4.78, 5) is 5.49. The summed E-state index contributed by atoms with van der Waals surface area (Å²) in [5.41, 5.74) is 1.04. The molecule has 1 rings (SSSR count). The van der Waals surface area contributed by atoms with E-state index >= 15 is 0 Å². The fraction of sp³-hybridized carbons (Fsp3) is 0.600. The Labute approximate surface area is 130 Å². The van der Waals surface area contributed by atoms with E-state index in [-0.39, 0.29) is 11.1 Å². The SMILES string of the molecule is CON(c1cc(Br)cc(N(O)C(C)(C)C)c1)C(C)(C)C. The van der Waals surface area contributed by atoms with Crippen LogP contribution in [0.1, 0.15) is 41.5 Å². The molecule has 0 radical (unpaired) electrons. The summed E-state index contributed by atoms with van der Waals surface area (Å²) in [6, 6.07) is 5.75. The van der Waals surface area contributed by atoms with Crippen LogP contribution < -0.4 is 10.1 Å². The van der Waals surface area contributed by atoms with Crippen LogP contribution in [-0.2, 0) is 4.84 Å². The first-order chi connectivity index (χ1) is 8.96. The normalized spacial score (nSPS) is 12.4. The number of benzene rings is 1. The Morgan fingerprint density at radius 1 is 0.950 bits per heavy atom. The molecule has 1 aromatic rings. The number of hydroxylamine groups is 2. The smallest absolute Gasteiger partial charge is 0.0675 e. The Hall–Kier alpha value is -0.780. The topological polar surface area (TPSA) is 35.9 Å². The Morgan fingerprint density at radius 2 is 1.45 bits per heavy atom. The van der Waals surface area contributed by atoms with Gasteiger partial charge in [0, 0.05) is 4.47 Å². The monoisotopic (exact) mass is 344 g/mol. The van der Waals surface area contributed by atoms with Gasteiger partial charge in [0.2, 0.25) is 0 Å². The van der Waals surface area contributed by atoms with Crippen LogP contribution in [0.4, 0.5) is 11.4 Å². The van der Waals surface area contributed by atoms with Gasteiger partial charge in [-0.2, -0.15) is 0 Å². The number of anilines is 2. The summed E-state index contributed by atoms with van der Waals surface area (Å²) in [6.07, 6.45) is 0. The predicted octanol–water partition coefficient (Wildman–Crippen LogP) is 4.61. The first-order valence-corrected chi connectivity index (χ1v) is 7.40. The van der Waals surface area contributed by atoms with Gasteiger partial charge in [-0.3, -0.25) is 15.1 Å². The second-order valence-electron chi connectivity index (χ2n) is 6.80. The van der Waals surface area contributed by atoms with Crippen molar-refractivity contribution in [2.75, 3.05) is 17.2 Å². The van der Waals surface area contributed by atoms with Crippen molar-refractivity contribution >= 4 is 27.3 Å². The van der Waals surface area contributed by atoms with Gasteiger partial charge < -0.3 is 0 Å². The highest BCUT2D eigenvalue weighted by Gasteiger charge is 2.25. The van der Waals surface area contributed by atoms with Gasteiger partial charge in [-0.15, -0.1) is 0 Å². The van der Waals surface area contributed by atoms with Crippen LogP contribution in [0.5, 0.6) is 0 Å². The largest absolute Gasteiger partial charge is 0.288 e. The third-order valence-corrected chi connectivity index (χ3v) is 3.23. The molecule has 0 aliphatic carbocycles. The molecule has 0 bridgehead atoms. The highest BCUT2D eigenvalue weighted by molar-refractivity contribution is 9.10. The molecule has 0 aliphatic heterocycles. The van der Waals surface area contributed by atoms with Crippen molar-refractivity contribution in [1.82, 2.24) is 0 Å². The first kappa shape index (κ1) is 17.3. The van der Waals surface area contributed by atoms with Gasteiger partial charge in [-0.05, 0) is 59.7 Å². The number of halogens is 1. The van der Waals surface area contributed by atoms with Crippen molar-refractivity contribution in [3.63, 3.8) is 0 Å². The molecule has 0 atom stereocenters. The van der Waals surface area contributed by atoms with Gasteiger partial charge in [0.15, 0.2) is 0 Å². The third-order valence-electron chi connectivity index (χ3n) is 2.77. The van der Waals surface area contributed by atoms with Crippen LogP contribution in [0.2, 0.25) is 0 Å². The lowest BCUT2D eigenvalue weighted by atomic mass is 10.1. The second kappa shape index (κ2) is 5.92. The van der Waals surface area contributed by atoms with Crippen molar-refractivity contribution < 1.29 is 10.0 Å². The van der Waals surface area contributed by atoms with Crippen molar-refractivity contribution in [2.45, 2.75) is 52.6 Å². The van der Waals surface area contributed by atoms with Crippen molar-refractivity contribution in [3.05, 3.63) is 22.7 Å². The highest BCUT2D eigenvalue weighted by Crippen LogP contribution is 2.33. The van der Waals surface area contributed by atoms with E-state index in [1.807, 2.05) is 44.0 Å². The average Bonchev–Trinajstić information content (AvgIpc) is 2.24. The molecule has 0 saturated carbocycles. The Balaban J connectivity index is 3.28. The summed E-state index contributed by atoms with van der Waals surface area (Å²) in [6.45, 7) is 12.1. The van der Waals surface area contributed by atoms with Crippen LogP contribution in [0, 0.1) is 0 Å². The number of rotatable bonds is 3. The van der Waals surface area contributed by atoms with E-state index < -0.39 is 0 Å². The minimum absolute atomic E-state index is 0.186. The van der Waals surface area contributed by atoms with Crippen LogP contribution in [0.25, 0.3) is 0 Å². The lowest BCUT2D eigenvalue weighted by molar-refractivity contribution is 0.114. The van der Waals surface area contributed by atoms with Gasteiger partial charge in [0.1, 0.15) is 0 Å². The molecule has 0 saturated heterocycles. The Morgan fingerprint density at radius 3 is 1.85 bits per heavy atom. The van der Waals surface area contributed by atoms with Gasteiger partial charge in [-0.1, -0.05) is 15.9 Å². The summed E-state index contributed by atoms with van der Waals surface area (Å²) >= 11 is 3.49.